The molecule has 0 amide bonds. The van der Waals surface area contributed by atoms with Gasteiger partial charge in [-0.25, -0.2) is 0 Å². The highest BCUT2D eigenvalue weighted by Gasteiger charge is 2.48. The zero-order valence-corrected chi connectivity index (χ0v) is 30.5. The van der Waals surface area contributed by atoms with Crippen LogP contribution in [-0.2, 0) is 5.41 Å². The molecule has 1 heterocycles. The highest BCUT2D eigenvalue weighted by molar-refractivity contribution is 6.27. The highest BCUT2D eigenvalue weighted by atomic mass is 16.3. The number of rotatable bonds is 4. The Morgan fingerprint density at radius 1 is 0.339 bits per heavy atom. The Kier molecular flexibility index (Phi) is 6.62. The van der Waals surface area contributed by atoms with Crippen LogP contribution < -0.4 is 0 Å². The van der Waals surface area contributed by atoms with Gasteiger partial charge in [0.2, 0.25) is 0 Å². The van der Waals surface area contributed by atoms with Gasteiger partial charge in [-0.3, -0.25) is 0 Å². The lowest BCUT2D eigenvalue weighted by atomic mass is 9.67. The molecule has 10 aromatic carbocycles. The highest BCUT2D eigenvalue weighted by Crippen LogP contribution is 2.60. The molecule has 0 radical (unpaired) electrons. The normalized spacial score (nSPS) is 13.1. The lowest BCUT2D eigenvalue weighted by molar-refractivity contribution is 0.669. The molecule has 11 aromatic rings. The van der Waals surface area contributed by atoms with E-state index in [9.17, 15) is 0 Å². The monoisotopic (exact) mass is 710 g/mol. The average molecular weight is 711 g/mol. The van der Waals surface area contributed by atoms with Crippen molar-refractivity contribution in [1.82, 2.24) is 0 Å². The maximum atomic E-state index is 7.14. The second kappa shape index (κ2) is 11.9. The molecule has 0 unspecified atom stereocenters. The van der Waals surface area contributed by atoms with Crippen molar-refractivity contribution in [2.24, 2.45) is 0 Å². The van der Waals surface area contributed by atoms with Gasteiger partial charge >= 0.3 is 0 Å². The quantitative estimate of drug-likeness (QED) is 0.166. The molecule has 0 N–H and O–H groups in total. The summed E-state index contributed by atoms with van der Waals surface area (Å²) in [6.07, 6.45) is 0. The van der Waals surface area contributed by atoms with Crippen molar-refractivity contribution in [3.63, 3.8) is 0 Å². The molecule has 1 heteroatoms. The summed E-state index contributed by atoms with van der Waals surface area (Å²) >= 11 is 0. The summed E-state index contributed by atoms with van der Waals surface area (Å²) < 4.78 is 7.14. The maximum Gasteiger partial charge on any atom is 0.144 e. The molecule has 0 spiro atoms. The number of para-hydroxylation sites is 1. The fraction of sp³-hybridized carbons (Fsp3) is 0.0182. The van der Waals surface area contributed by atoms with Gasteiger partial charge in [-0.15, -0.1) is 0 Å². The molecular formula is C55H34O. The number of hydrogen-bond acceptors (Lipinski definition) is 1. The third kappa shape index (κ3) is 4.20. The number of furan rings is 1. The number of fused-ring (bicyclic) bond motifs is 10. The van der Waals surface area contributed by atoms with Crippen LogP contribution >= 0.6 is 0 Å². The van der Waals surface area contributed by atoms with E-state index in [4.69, 9.17) is 4.42 Å². The van der Waals surface area contributed by atoms with Gasteiger partial charge in [-0.2, -0.15) is 0 Å². The van der Waals surface area contributed by atoms with Crippen LogP contribution in [0, 0.1) is 0 Å². The summed E-state index contributed by atoms with van der Waals surface area (Å²) in [6, 6.07) is 75.7. The van der Waals surface area contributed by atoms with E-state index in [0.29, 0.717) is 0 Å². The van der Waals surface area contributed by atoms with Gasteiger partial charge in [-0.05, 0) is 101 Å². The molecular weight excluding hydrogens is 677 g/mol. The summed E-state index contributed by atoms with van der Waals surface area (Å²) in [6.45, 7) is 0. The van der Waals surface area contributed by atoms with E-state index < -0.39 is 5.41 Å². The van der Waals surface area contributed by atoms with Crippen molar-refractivity contribution in [3.05, 3.63) is 229 Å². The minimum atomic E-state index is -0.576. The molecule has 12 rings (SSSR count). The first-order chi connectivity index (χ1) is 27.8. The van der Waals surface area contributed by atoms with E-state index in [1.807, 2.05) is 0 Å². The van der Waals surface area contributed by atoms with Crippen LogP contribution in [0.4, 0.5) is 0 Å². The minimum absolute atomic E-state index is 0.576. The van der Waals surface area contributed by atoms with Crippen LogP contribution in [0.15, 0.2) is 211 Å². The van der Waals surface area contributed by atoms with Crippen LogP contribution in [0.1, 0.15) is 22.3 Å². The molecule has 1 aromatic heterocycles. The van der Waals surface area contributed by atoms with Crippen LogP contribution in [0.5, 0.6) is 0 Å². The van der Waals surface area contributed by atoms with Gasteiger partial charge in [-0.1, -0.05) is 188 Å². The van der Waals surface area contributed by atoms with E-state index in [1.165, 1.54) is 88.0 Å². The third-order valence-corrected chi connectivity index (χ3v) is 12.3. The molecule has 1 aliphatic rings. The minimum Gasteiger partial charge on any atom is -0.455 e. The van der Waals surface area contributed by atoms with Crippen molar-refractivity contribution >= 4 is 54.3 Å². The van der Waals surface area contributed by atoms with Gasteiger partial charge in [0.05, 0.1) is 5.41 Å². The van der Waals surface area contributed by atoms with E-state index in [2.05, 4.69) is 206 Å². The van der Waals surface area contributed by atoms with E-state index in [-0.39, 0.29) is 0 Å². The Labute approximate surface area is 324 Å². The lowest BCUT2D eigenvalue weighted by Crippen LogP contribution is -2.28. The summed E-state index contributed by atoms with van der Waals surface area (Å²) in [4.78, 5) is 0. The Balaban J connectivity index is 1.29. The first-order valence-corrected chi connectivity index (χ1v) is 19.4. The first kappa shape index (κ1) is 31.2. The average Bonchev–Trinajstić information content (AvgIpc) is 3.80. The topological polar surface area (TPSA) is 13.1 Å². The maximum absolute atomic E-state index is 7.14. The van der Waals surface area contributed by atoms with Crippen molar-refractivity contribution in [2.75, 3.05) is 0 Å². The zero-order chi connectivity index (χ0) is 36.8. The summed E-state index contributed by atoms with van der Waals surface area (Å²) in [7, 11) is 0. The summed E-state index contributed by atoms with van der Waals surface area (Å²) in [5.74, 6) is 0. The molecule has 1 nitrogen and oxygen atoms in total. The predicted octanol–water partition coefficient (Wildman–Crippen LogP) is 14.7. The fourth-order valence-corrected chi connectivity index (χ4v) is 10.1. The van der Waals surface area contributed by atoms with Crippen LogP contribution in [0.25, 0.3) is 87.6 Å². The summed E-state index contributed by atoms with van der Waals surface area (Å²) in [5, 5.41) is 9.68. The fourth-order valence-electron chi connectivity index (χ4n) is 10.1. The van der Waals surface area contributed by atoms with E-state index >= 15 is 0 Å². The first-order valence-electron chi connectivity index (χ1n) is 19.4. The lowest BCUT2D eigenvalue weighted by Gasteiger charge is -2.34. The Morgan fingerprint density at radius 3 is 1.55 bits per heavy atom. The third-order valence-electron chi connectivity index (χ3n) is 12.3. The molecule has 260 valence electrons. The van der Waals surface area contributed by atoms with Crippen molar-refractivity contribution < 1.29 is 4.42 Å². The molecule has 0 atom stereocenters. The molecule has 0 bridgehead atoms. The Morgan fingerprint density at radius 2 is 0.875 bits per heavy atom. The molecule has 0 aliphatic heterocycles. The largest absolute Gasteiger partial charge is 0.455 e. The van der Waals surface area contributed by atoms with Gasteiger partial charge in [0.15, 0.2) is 0 Å². The van der Waals surface area contributed by atoms with Gasteiger partial charge < -0.3 is 4.42 Å². The molecule has 0 saturated carbocycles. The summed E-state index contributed by atoms with van der Waals surface area (Å²) in [5.41, 5.74) is 13.5. The van der Waals surface area contributed by atoms with Crippen molar-refractivity contribution in [1.29, 1.82) is 0 Å². The number of hydrogen-bond donors (Lipinski definition) is 0. The molecule has 1 aliphatic carbocycles. The van der Waals surface area contributed by atoms with Crippen LogP contribution in [0.2, 0.25) is 0 Å². The zero-order valence-electron chi connectivity index (χ0n) is 30.5. The molecule has 0 saturated heterocycles. The van der Waals surface area contributed by atoms with Gasteiger partial charge in [0, 0.05) is 16.3 Å². The van der Waals surface area contributed by atoms with E-state index in [0.717, 1.165) is 21.9 Å². The standard InChI is InChI=1S/C55H34O/c1-3-19-38(20-4-1)55(39-21-5-2-6-22-39)47-29-15-13-27-44(47)53-48(55)34-46(52-45-28-14-16-30-49(45)56-54(52)53)51-42-25-11-9-23-40(42)50(41-24-10-12-26-43(41)51)37-32-31-35-17-7-8-18-36(35)33-37/h1-34H. The van der Waals surface area contributed by atoms with Crippen molar-refractivity contribution in [2.45, 2.75) is 5.41 Å². The molecule has 0 fully saturated rings. The predicted molar refractivity (Wildman–Crippen MR) is 234 cm³/mol. The van der Waals surface area contributed by atoms with Gasteiger partial charge in [0.1, 0.15) is 11.2 Å². The Bertz CT molecular complexity index is 3250. The SMILES string of the molecule is c1ccc(C2(c3ccccc3)c3ccccc3-c3c2cc(-c2c4ccccc4c(-c4ccc5ccccc5c4)c4ccccc24)c2c3oc3ccccc32)cc1. The van der Waals surface area contributed by atoms with Crippen LogP contribution in [0.3, 0.4) is 0 Å². The smallest absolute Gasteiger partial charge is 0.144 e. The Hall–Kier alpha value is -7.22. The van der Waals surface area contributed by atoms with Crippen molar-refractivity contribution in [3.8, 4) is 33.4 Å². The molecule has 56 heavy (non-hydrogen) atoms. The second-order valence-corrected chi connectivity index (χ2v) is 15.1. The second-order valence-electron chi connectivity index (χ2n) is 15.1. The van der Waals surface area contributed by atoms with Crippen LogP contribution in [-0.4, -0.2) is 0 Å². The number of benzene rings is 10. The van der Waals surface area contributed by atoms with E-state index in [1.54, 1.807) is 0 Å². The van der Waals surface area contributed by atoms with Gasteiger partial charge in [0.25, 0.3) is 0 Å².